The monoisotopic (exact) mass is 346 g/mol. The number of halogens is 2. The maximum Gasteiger partial charge on any atom is 0.261 e. The van der Waals surface area contributed by atoms with Crippen LogP contribution in [0.25, 0.3) is 0 Å². The number of ether oxygens (including phenoxy) is 1. The van der Waals surface area contributed by atoms with Crippen molar-refractivity contribution in [3.63, 3.8) is 0 Å². The molecule has 1 saturated carbocycles. The van der Waals surface area contributed by atoms with Crippen LogP contribution in [0.1, 0.15) is 32.6 Å². The Morgan fingerprint density at radius 3 is 2.86 bits per heavy atom. The molecule has 4 nitrogen and oxygen atoms in total. The molecule has 0 spiro atoms. The number of benzene rings is 1. The van der Waals surface area contributed by atoms with Crippen molar-refractivity contribution < 1.29 is 9.53 Å². The van der Waals surface area contributed by atoms with E-state index in [0.717, 1.165) is 19.3 Å². The lowest BCUT2D eigenvalue weighted by Gasteiger charge is -2.32. The fourth-order valence-electron chi connectivity index (χ4n) is 2.78. The standard InChI is InChI=1S/C16H23ClN2O2.ClH/c1-11(21-14-7-4-6-13(17)9-14)16(20)19-15-8-3-2-5-12(15)10-18;/h4,6-7,9,11-12,15H,2-3,5,8,10,18H2,1H3,(H,19,20);1H. The molecular weight excluding hydrogens is 323 g/mol. The van der Waals surface area contributed by atoms with E-state index in [0.29, 0.717) is 23.2 Å². The molecule has 3 N–H and O–H groups in total. The van der Waals surface area contributed by atoms with Gasteiger partial charge in [0, 0.05) is 11.1 Å². The predicted octanol–water partition coefficient (Wildman–Crippen LogP) is 3.16. The molecule has 6 heteroatoms. The van der Waals surface area contributed by atoms with E-state index in [2.05, 4.69) is 5.32 Å². The normalized spacial score (nSPS) is 22.3. The van der Waals surface area contributed by atoms with Crippen LogP contribution in [0.4, 0.5) is 0 Å². The van der Waals surface area contributed by atoms with Crippen LogP contribution in [0.5, 0.6) is 5.75 Å². The number of carbonyl (C=O) groups excluding carboxylic acids is 1. The molecule has 0 bridgehead atoms. The molecule has 0 saturated heterocycles. The van der Waals surface area contributed by atoms with Crippen LogP contribution in [0.3, 0.4) is 0 Å². The smallest absolute Gasteiger partial charge is 0.261 e. The average molecular weight is 347 g/mol. The molecular formula is C16H24Cl2N2O2. The lowest BCUT2D eigenvalue weighted by molar-refractivity contribution is -0.128. The molecule has 3 atom stereocenters. The topological polar surface area (TPSA) is 64.3 Å². The van der Waals surface area contributed by atoms with Gasteiger partial charge in [-0.3, -0.25) is 4.79 Å². The summed E-state index contributed by atoms with van der Waals surface area (Å²) in [6, 6.07) is 7.23. The van der Waals surface area contributed by atoms with Crippen LogP contribution in [0.15, 0.2) is 24.3 Å². The summed E-state index contributed by atoms with van der Waals surface area (Å²) >= 11 is 5.91. The quantitative estimate of drug-likeness (QED) is 0.860. The van der Waals surface area contributed by atoms with E-state index in [9.17, 15) is 4.79 Å². The fourth-order valence-corrected chi connectivity index (χ4v) is 2.96. The average Bonchev–Trinajstić information content (AvgIpc) is 2.47. The van der Waals surface area contributed by atoms with Gasteiger partial charge >= 0.3 is 0 Å². The Morgan fingerprint density at radius 2 is 2.18 bits per heavy atom. The first-order chi connectivity index (χ1) is 10.1. The summed E-state index contributed by atoms with van der Waals surface area (Å²) in [6.45, 7) is 2.37. The summed E-state index contributed by atoms with van der Waals surface area (Å²) in [6.07, 6.45) is 3.87. The van der Waals surface area contributed by atoms with Gasteiger partial charge in [-0.05, 0) is 50.4 Å². The highest BCUT2D eigenvalue weighted by atomic mass is 35.5. The van der Waals surface area contributed by atoms with Gasteiger partial charge < -0.3 is 15.8 Å². The van der Waals surface area contributed by atoms with E-state index in [-0.39, 0.29) is 24.4 Å². The van der Waals surface area contributed by atoms with Crippen molar-refractivity contribution in [2.45, 2.75) is 44.8 Å². The Labute approximate surface area is 143 Å². The van der Waals surface area contributed by atoms with Crippen molar-refractivity contribution in [2.24, 2.45) is 11.7 Å². The number of rotatable bonds is 5. The zero-order valence-electron chi connectivity index (χ0n) is 12.8. The Hall–Kier alpha value is -0.970. The van der Waals surface area contributed by atoms with Crippen molar-refractivity contribution in [2.75, 3.05) is 6.54 Å². The molecule has 0 heterocycles. The second-order valence-electron chi connectivity index (χ2n) is 5.61. The van der Waals surface area contributed by atoms with E-state index in [1.54, 1.807) is 31.2 Å². The molecule has 1 aromatic carbocycles. The SMILES string of the molecule is CC(Oc1cccc(Cl)c1)C(=O)NC1CCCCC1CN.Cl. The number of hydrogen-bond acceptors (Lipinski definition) is 3. The number of amides is 1. The number of nitrogens with one attached hydrogen (secondary N) is 1. The second kappa shape index (κ2) is 9.23. The van der Waals surface area contributed by atoms with Crippen molar-refractivity contribution in [1.82, 2.24) is 5.32 Å². The Balaban J connectivity index is 0.00000242. The van der Waals surface area contributed by atoms with Gasteiger partial charge in [0.2, 0.25) is 0 Å². The van der Waals surface area contributed by atoms with E-state index < -0.39 is 6.10 Å². The highest BCUT2D eigenvalue weighted by molar-refractivity contribution is 6.30. The van der Waals surface area contributed by atoms with Gasteiger partial charge in [0.25, 0.3) is 5.91 Å². The van der Waals surface area contributed by atoms with Gasteiger partial charge in [0.1, 0.15) is 5.75 Å². The molecule has 1 aliphatic carbocycles. The molecule has 0 radical (unpaired) electrons. The van der Waals surface area contributed by atoms with Gasteiger partial charge in [-0.15, -0.1) is 12.4 Å². The third-order valence-corrected chi connectivity index (χ3v) is 4.25. The molecule has 0 aromatic heterocycles. The largest absolute Gasteiger partial charge is 0.481 e. The predicted molar refractivity (Wildman–Crippen MR) is 91.7 cm³/mol. The second-order valence-corrected chi connectivity index (χ2v) is 6.05. The van der Waals surface area contributed by atoms with Crippen LogP contribution in [0, 0.1) is 5.92 Å². The number of nitrogens with two attached hydrogens (primary N) is 1. The molecule has 0 aliphatic heterocycles. The first-order valence-corrected chi connectivity index (χ1v) is 7.90. The first-order valence-electron chi connectivity index (χ1n) is 7.53. The molecule has 1 aliphatic rings. The van der Waals surface area contributed by atoms with Crippen molar-refractivity contribution in [1.29, 1.82) is 0 Å². The zero-order chi connectivity index (χ0) is 15.2. The Kier molecular flexibility index (Phi) is 8.01. The summed E-state index contributed by atoms with van der Waals surface area (Å²) < 4.78 is 5.64. The van der Waals surface area contributed by atoms with Gasteiger partial charge in [-0.2, -0.15) is 0 Å². The summed E-state index contributed by atoms with van der Waals surface area (Å²) in [7, 11) is 0. The lowest BCUT2D eigenvalue weighted by atomic mass is 9.84. The van der Waals surface area contributed by atoms with Crippen LogP contribution in [-0.2, 0) is 4.79 Å². The minimum atomic E-state index is -0.552. The first kappa shape index (κ1) is 19.1. The van der Waals surface area contributed by atoms with Crippen molar-refractivity contribution >= 4 is 29.9 Å². The Morgan fingerprint density at radius 1 is 1.45 bits per heavy atom. The molecule has 1 amide bonds. The number of carbonyl (C=O) groups is 1. The maximum absolute atomic E-state index is 12.3. The minimum absolute atomic E-state index is 0. The van der Waals surface area contributed by atoms with Gasteiger partial charge in [-0.25, -0.2) is 0 Å². The summed E-state index contributed by atoms with van der Waals surface area (Å²) in [5.41, 5.74) is 5.79. The molecule has 124 valence electrons. The van der Waals surface area contributed by atoms with Gasteiger partial charge in [-0.1, -0.05) is 30.5 Å². The van der Waals surface area contributed by atoms with E-state index in [1.807, 2.05) is 0 Å². The van der Waals surface area contributed by atoms with E-state index in [4.69, 9.17) is 22.1 Å². The highest BCUT2D eigenvalue weighted by Gasteiger charge is 2.27. The van der Waals surface area contributed by atoms with Crippen LogP contribution >= 0.6 is 24.0 Å². The van der Waals surface area contributed by atoms with E-state index in [1.165, 1.54) is 6.42 Å². The Bertz CT molecular complexity index is 485. The van der Waals surface area contributed by atoms with Crippen LogP contribution in [-0.4, -0.2) is 24.6 Å². The van der Waals surface area contributed by atoms with Crippen molar-refractivity contribution in [3.05, 3.63) is 29.3 Å². The zero-order valence-corrected chi connectivity index (χ0v) is 14.3. The lowest BCUT2D eigenvalue weighted by Crippen LogP contribution is -2.48. The molecule has 3 unspecified atom stereocenters. The third-order valence-electron chi connectivity index (χ3n) is 4.02. The molecule has 2 rings (SSSR count). The summed E-state index contributed by atoms with van der Waals surface area (Å²) in [4.78, 5) is 12.3. The summed E-state index contributed by atoms with van der Waals surface area (Å²) in [5.74, 6) is 0.880. The third kappa shape index (κ3) is 5.34. The molecule has 1 aromatic rings. The molecule has 1 fully saturated rings. The van der Waals surface area contributed by atoms with Crippen molar-refractivity contribution in [3.8, 4) is 5.75 Å². The fraction of sp³-hybridized carbons (Fsp3) is 0.562. The number of hydrogen-bond donors (Lipinski definition) is 2. The minimum Gasteiger partial charge on any atom is -0.481 e. The van der Waals surface area contributed by atoms with E-state index >= 15 is 0 Å². The van der Waals surface area contributed by atoms with Gasteiger partial charge in [0.05, 0.1) is 0 Å². The molecule has 22 heavy (non-hydrogen) atoms. The van der Waals surface area contributed by atoms with Crippen LogP contribution in [0.2, 0.25) is 5.02 Å². The van der Waals surface area contributed by atoms with Gasteiger partial charge in [0.15, 0.2) is 6.10 Å². The van der Waals surface area contributed by atoms with Crippen LogP contribution < -0.4 is 15.8 Å². The summed E-state index contributed by atoms with van der Waals surface area (Å²) in [5, 5.41) is 3.67. The maximum atomic E-state index is 12.3. The highest BCUT2D eigenvalue weighted by Crippen LogP contribution is 2.24.